The highest BCUT2D eigenvalue weighted by Gasteiger charge is 2.19. The van der Waals surface area contributed by atoms with Gasteiger partial charge in [0.15, 0.2) is 0 Å². The van der Waals surface area contributed by atoms with E-state index in [1.54, 1.807) is 11.8 Å². The van der Waals surface area contributed by atoms with Crippen molar-refractivity contribution in [1.29, 1.82) is 0 Å². The highest BCUT2D eigenvalue weighted by molar-refractivity contribution is 8.02. The van der Waals surface area contributed by atoms with Gasteiger partial charge in [0.2, 0.25) is 0 Å². The van der Waals surface area contributed by atoms with Crippen molar-refractivity contribution in [2.24, 2.45) is 5.73 Å². The molecule has 21 heavy (non-hydrogen) atoms. The number of anilines is 1. The fourth-order valence-corrected chi connectivity index (χ4v) is 3.47. The van der Waals surface area contributed by atoms with E-state index in [1.807, 2.05) is 12.1 Å². The van der Waals surface area contributed by atoms with Gasteiger partial charge in [-0.2, -0.15) is 0 Å². The van der Waals surface area contributed by atoms with Crippen LogP contribution in [0.25, 0.3) is 5.76 Å². The van der Waals surface area contributed by atoms with Crippen molar-refractivity contribution in [2.75, 3.05) is 18.5 Å². The summed E-state index contributed by atoms with van der Waals surface area (Å²) in [4.78, 5) is 0. The van der Waals surface area contributed by atoms with Crippen LogP contribution in [0.15, 0.2) is 41.4 Å². The fourth-order valence-electron chi connectivity index (χ4n) is 2.52. The van der Waals surface area contributed by atoms with Gasteiger partial charge in [-0.15, -0.1) is 11.8 Å². The number of para-hydroxylation sites is 1. The summed E-state index contributed by atoms with van der Waals surface area (Å²) in [5.74, 6) is 0.951. The maximum absolute atomic E-state index is 6.04. The number of benzene rings is 1. The molecule has 4 nitrogen and oxygen atoms in total. The van der Waals surface area contributed by atoms with Gasteiger partial charge < -0.3 is 21.1 Å². The molecular formula is C16H21N3OS. The molecule has 1 aromatic carbocycles. The molecule has 0 aliphatic carbocycles. The Kier molecular flexibility index (Phi) is 4.41. The lowest BCUT2D eigenvalue weighted by atomic mass is 10.0. The predicted octanol–water partition coefficient (Wildman–Crippen LogP) is 2.71. The van der Waals surface area contributed by atoms with Crippen LogP contribution in [0.2, 0.25) is 0 Å². The first-order valence-corrected chi connectivity index (χ1v) is 8.22. The molecule has 0 bridgehead atoms. The van der Waals surface area contributed by atoms with Crippen molar-refractivity contribution in [3.8, 4) is 0 Å². The first-order valence-electron chi connectivity index (χ1n) is 7.28. The molecule has 3 rings (SSSR count). The molecule has 2 atom stereocenters. The summed E-state index contributed by atoms with van der Waals surface area (Å²) in [5, 5.41) is 9.41. The van der Waals surface area contributed by atoms with Gasteiger partial charge in [-0.1, -0.05) is 12.1 Å². The topological polar surface area (TPSA) is 59.3 Å². The Morgan fingerprint density at radius 2 is 2.14 bits per heavy atom. The third kappa shape index (κ3) is 3.36. The van der Waals surface area contributed by atoms with Gasteiger partial charge in [0.05, 0.1) is 11.1 Å². The Bertz CT molecular complexity index is 570. The Morgan fingerprint density at radius 1 is 1.29 bits per heavy atom. The van der Waals surface area contributed by atoms with E-state index < -0.39 is 0 Å². The quantitative estimate of drug-likeness (QED) is 0.781. The first kappa shape index (κ1) is 14.4. The Morgan fingerprint density at radius 3 is 3.00 bits per heavy atom. The van der Waals surface area contributed by atoms with E-state index in [0.29, 0.717) is 18.5 Å². The lowest BCUT2D eigenvalue weighted by Gasteiger charge is -2.24. The molecule has 2 aliphatic rings. The Balaban J connectivity index is 1.63. The molecule has 2 aliphatic heterocycles. The highest BCUT2D eigenvalue weighted by Crippen LogP contribution is 2.31. The first-order chi connectivity index (χ1) is 10.3. The fraction of sp³-hybridized carbons (Fsp3) is 0.375. The zero-order chi connectivity index (χ0) is 14.7. The second-order valence-electron chi connectivity index (χ2n) is 5.29. The van der Waals surface area contributed by atoms with E-state index in [9.17, 15) is 0 Å². The molecule has 2 unspecified atom stereocenters. The van der Waals surface area contributed by atoms with E-state index in [4.69, 9.17) is 10.5 Å². The second kappa shape index (κ2) is 6.45. The van der Waals surface area contributed by atoms with Crippen LogP contribution in [0.1, 0.15) is 18.9 Å². The number of rotatable bonds is 5. The molecule has 0 radical (unpaired) electrons. The predicted molar refractivity (Wildman–Crippen MR) is 89.7 cm³/mol. The summed E-state index contributed by atoms with van der Waals surface area (Å²) in [6, 6.07) is 8.52. The zero-order valence-electron chi connectivity index (χ0n) is 12.1. The second-order valence-corrected chi connectivity index (χ2v) is 6.36. The number of hydrogen-bond donors (Lipinski definition) is 3. The maximum Gasteiger partial charge on any atom is 0.128 e. The number of fused-ring (bicyclic) bond motifs is 1. The van der Waals surface area contributed by atoms with Crippen molar-refractivity contribution in [3.05, 3.63) is 47.0 Å². The van der Waals surface area contributed by atoms with Crippen molar-refractivity contribution in [1.82, 2.24) is 5.32 Å². The largest absolute Gasteiger partial charge is 0.487 e. The number of nitrogens with two attached hydrogens (primary N) is 1. The Hall–Kier alpha value is -1.59. The molecule has 4 N–H and O–H groups in total. The SMILES string of the molecule is CC1C=C(OCC2=CSC(CCN)N2)c2ccccc2N1. The summed E-state index contributed by atoms with van der Waals surface area (Å²) >= 11 is 1.78. The van der Waals surface area contributed by atoms with Crippen LogP contribution in [0.3, 0.4) is 0 Å². The molecule has 0 amide bonds. The van der Waals surface area contributed by atoms with Gasteiger partial charge in [-0.05, 0) is 43.5 Å². The zero-order valence-corrected chi connectivity index (χ0v) is 13.0. The van der Waals surface area contributed by atoms with Gasteiger partial charge in [0.1, 0.15) is 12.4 Å². The van der Waals surface area contributed by atoms with Gasteiger partial charge in [0, 0.05) is 17.3 Å². The van der Waals surface area contributed by atoms with E-state index in [-0.39, 0.29) is 6.04 Å². The molecule has 0 fully saturated rings. The van der Waals surface area contributed by atoms with Gasteiger partial charge in [-0.3, -0.25) is 0 Å². The molecule has 0 spiro atoms. The third-order valence-corrected chi connectivity index (χ3v) is 4.61. The molecule has 0 saturated heterocycles. The van der Waals surface area contributed by atoms with Gasteiger partial charge in [0.25, 0.3) is 0 Å². The molecular weight excluding hydrogens is 282 g/mol. The van der Waals surface area contributed by atoms with Crippen LogP contribution < -0.4 is 16.4 Å². The Labute approximate surface area is 129 Å². The highest BCUT2D eigenvalue weighted by atomic mass is 32.2. The number of nitrogens with one attached hydrogen (secondary N) is 2. The monoisotopic (exact) mass is 303 g/mol. The summed E-state index contributed by atoms with van der Waals surface area (Å²) < 4.78 is 6.04. The number of thioether (sulfide) groups is 1. The van der Waals surface area contributed by atoms with Crippen LogP contribution in [0.4, 0.5) is 5.69 Å². The average molecular weight is 303 g/mol. The molecule has 0 aromatic heterocycles. The number of ether oxygens (including phenoxy) is 1. The smallest absolute Gasteiger partial charge is 0.128 e. The molecule has 2 heterocycles. The van der Waals surface area contributed by atoms with E-state index in [0.717, 1.165) is 29.1 Å². The van der Waals surface area contributed by atoms with Crippen molar-refractivity contribution in [3.63, 3.8) is 0 Å². The summed E-state index contributed by atoms with van der Waals surface area (Å²) in [6.07, 6.45) is 3.10. The minimum absolute atomic E-state index is 0.278. The van der Waals surface area contributed by atoms with Crippen LogP contribution >= 0.6 is 11.8 Å². The lowest BCUT2D eigenvalue weighted by Crippen LogP contribution is -2.25. The van der Waals surface area contributed by atoms with Crippen LogP contribution in [-0.2, 0) is 4.74 Å². The van der Waals surface area contributed by atoms with Crippen molar-refractivity contribution in [2.45, 2.75) is 24.8 Å². The van der Waals surface area contributed by atoms with Gasteiger partial charge in [-0.25, -0.2) is 0 Å². The molecule has 112 valence electrons. The van der Waals surface area contributed by atoms with Crippen molar-refractivity contribution >= 4 is 23.2 Å². The number of hydrogen-bond acceptors (Lipinski definition) is 5. The summed E-state index contributed by atoms with van der Waals surface area (Å²) in [7, 11) is 0. The minimum atomic E-state index is 0.278. The van der Waals surface area contributed by atoms with E-state index in [2.05, 4.69) is 41.2 Å². The van der Waals surface area contributed by atoms with Crippen LogP contribution in [0, 0.1) is 0 Å². The van der Waals surface area contributed by atoms with Gasteiger partial charge >= 0.3 is 0 Å². The minimum Gasteiger partial charge on any atom is -0.487 e. The van der Waals surface area contributed by atoms with E-state index >= 15 is 0 Å². The maximum atomic E-state index is 6.04. The van der Waals surface area contributed by atoms with E-state index in [1.165, 1.54) is 0 Å². The molecule has 5 heteroatoms. The average Bonchev–Trinajstić information content (AvgIpc) is 2.93. The summed E-state index contributed by atoms with van der Waals surface area (Å²) in [6.45, 7) is 3.40. The summed E-state index contributed by atoms with van der Waals surface area (Å²) in [5.41, 5.74) is 8.97. The third-order valence-electron chi connectivity index (χ3n) is 3.51. The molecule has 1 aromatic rings. The van der Waals surface area contributed by atoms with Crippen molar-refractivity contribution < 1.29 is 4.74 Å². The van der Waals surface area contributed by atoms with Crippen LogP contribution in [0.5, 0.6) is 0 Å². The standard InChI is InChI=1S/C16H21N3OS/c1-11-8-15(13-4-2-3-5-14(13)18-11)20-9-12-10-21-16(19-12)6-7-17/h2-5,8,10-11,16,18-19H,6-7,9,17H2,1H3. The molecule has 0 saturated carbocycles. The normalized spacial score (nSPS) is 23.5. The lowest BCUT2D eigenvalue weighted by molar-refractivity contribution is 0.299. The van der Waals surface area contributed by atoms with Crippen LogP contribution in [-0.4, -0.2) is 24.6 Å².